The molecule has 0 aliphatic carbocycles. The molecule has 0 radical (unpaired) electrons. The van der Waals surface area contributed by atoms with Gasteiger partial charge < -0.3 is 9.64 Å². The Morgan fingerprint density at radius 1 is 1.55 bits per heavy atom. The number of aryl methyl sites for hydroxylation is 1. The van der Waals surface area contributed by atoms with Crippen molar-refractivity contribution in [2.24, 2.45) is 0 Å². The first-order chi connectivity index (χ1) is 10.6. The minimum absolute atomic E-state index is 0.0150. The Morgan fingerprint density at radius 2 is 2.41 bits per heavy atom. The Morgan fingerprint density at radius 3 is 3.14 bits per heavy atom. The molecule has 3 rings (SSSR count). The van der Waals surface area contributed by atoms with Gasteiger partial charge >= 0.3 is 0 Å². The highest BCUT2D eigenvalue weighted by atomic mass is 35.5. The minimum Gasteiger partial charge on any atom is -0.368 e. The molecule has 0 saturated carbocycles. The summed E-state index contributed by atoms with van der Waals surface area (Å²) in [6.07, 6.45) is 4.62. The van der Waals surface area contributed by atoms with E-state index in [-0.39, 0.29) is 18.6 Å². The van der Waals surface area contributed by atoms with Crippen LogP contribution >= 0.6 is 11.6 Å². The van der Waals surface area contributed by atoms with Crippen LogP contribution in [0.2, 0.25) is 5.02 Å². The number of nitrogens with zero attached hydrogens (tertiary/aromatic N) is 5. The molecule has 1 atom stereocenters. The predicted octanol–water partition coefficient (Wildman–Crippen LogP) is 1.24. The Labute approximate surface area is 132 Å². The zero-order valence-electron chi connectivity index (χ0n) is 12.1. The fraction of sp³-hybridized carbons (Fsp3) is 0.429. The number of carbonyl (C=O) groups is 1. The number of amides is 1. The van der Waals surface area contributed by atoms with Crippen LogP contribution in [0.15, 0.2) is 24.7 Å². The molecule has 8 heteroatoms. The monoisotopic (exact) mass is 321 g/mol. The molecule has 1 saturated heterocycles. The molecule has 1 amide bonds. The van der Waals surface area contributed by atoms with Gasteiger partial charge in [-0.3, -0.25) is 9.48 Å². The Hall–Kier alpha value is -1.99. The standard InChI is InChI=1S/C14H16ClN5O2/c1-10-16-3-2-12(18-10)13-8-19(4-5-22-13)14(21)9-20-7-11(15)6-17-20/h2-3,6-7,13H,4-5,8-9H2,1H3/t13-/m1/s1. The lowest BCUT2D eigenvalue weighted by Gasteiger charge is -2.32. The third-order valence-electron chi connectivity index (χ3n) is 3.45. The zero-order chi connectivity index (χ0) is 15.5. The van der Waals surface area contributed by atoms with Crippen LogP contribution in [0.5, 0.6) is 0 Å². The molecule has 0 spiro atoms. The van der Waals surface area contributed by atoms with Crippen LogP contribution in [-0.4, -0.2) is 50.3 Å². The number of ether oxygens (including phenoxy) is 1. The fourth-order valence-corrected chi connectivity index (χ4v) is 2.53. The van der Waals surface area contributed by atoms with E-state index >= 15 is 0 Å². The van der Waals surface area contributed by atoms with Crippen molar-refractivity contribution >= 4 is 17.5 Å². The van der Waals surface area contributed by atoms with Crippen LogP contribution in [0, 0.1) is 6.92 Å². The summed E-state index contributed by atoms with van der Waals surface area (Å²) in [5, 5.41) is 4.54. The van der Waals surface area contributed by atoms with E-state index in [1.54, 1.807) is 17.3 Å². The lowest BCUT2D eigenvalue weighted by Crippen LogP contribution is -2.43. The first-order valence-electron chi connectivity index (χ1n) is 6.99. The molecule has 7 nitrogen and oxygen atoms in total. The van der Waals surface area contributed by atoms with E-state index in [1.165, 1.54) is 10.9 Å². The van der Waals surface area contributed by atoms with Gasteiger partial charge in [0.05, 0.1) is 30.1 Å². The largest absolute Gasteiger partial charge is 0.368 e. The average Bonchev–Trinajstić information content (AvgIpc) is 2.92. The van der Waals surface area contributed by atoms with E-state index in [1.807, 2.05) is 13.0 Å². The van der Waals surface area contributed by atoms with Gasteiger partial charge in [-0.15, -0.1) is 0 Å². The van der Waals surface area contributed by atoms with Crippen LogP contribution in [-0.2, 0) is 16.1 Å². The maximum atomic E-state index is 12.4. The van der Waals surface area contributed by atoms with Crippen LogP contribution in [0.4, 0.5) is 0 Å². The van der Waals surface area contributed by atoms with Crippen molar-refractivity contribution in [2.75, 3.05) is 19.7 Å². The Balaban J connectivity index is 1.66. The highest BCUT2D eigenvalue weighted by molar-refractivity contribution is 6.30. The van der Waals surface area contributed by atoms with Gasteiger partial charge in [0, 0.05) is 18.9 Å². The van der Waals surface area contributed by atoms with E-state index in [9.17, 15) is 4.79 Å². The van der Waals surface area contributed by atoms with Crippen molar-refractivity contribution in [3.05, 3.63) is 41.2 Å². The van der Waals surface area contributed by atoms with Crippen molar-refractivity contribution in [2.45, 2.75) is 19.6 Å². The van der Waals surface area contributed by atoms with Gasteiger partial charge in [-0.05, 0) is 13.0 Å². The van der Waals surface area contributed by atoms with Gasteiger partial charge in [0.15, 0.2) is 0 Å². The Bertz CT molecular complexity index is 675. The molecule has 2 aromatic rings. The Kier molecular flexibility index (Phi) is 4.35. The van der Waals surface area contributed by atoms with E-state index in [0.717, 1.165) is 5.69 Å². The minimum atomic E-state index is -0.222. The number of rotatable bonds is 3. The summed E-state index contributed by atoms with van der Waals surface area (Å²) in [5.74, 6) is 0.676. The first kappa shape index (κ1) is 14.9. The molecular weight excluding hydrogens is 306 g/mol. The van der Waals surface area contributed by atoms with Crippen molar-refractivity contribution in [3.63, 3.8) is 0 Å². The number of hydrogen-bond acceptors (Lipinski definition) is 5. The second kappa shape index (κ2) is 6.41. The third kappa shape index (κ3) is 3.42. The SMILES string of the molecule is Cc1nccc([C@H]2CN(C(=O)Cn3cc(Cl)cn3)CCO2)n1. The van der Waals surface area contributed by atoms with Crippen LogP contribution in [0.25, 0.3) is 0 Å². The van der Waals surface area contributed by atoms with Gasteiger partial charge in [0.1, 0.15) is 18.5 Å². The van der Waals surface area contributed by atoms with Crippen molar-refractivity contribution < 1.29 is 9.53 Å². The molecule has 116 valence electrons. The normalized spacial score (nSPS) is 18.5. The van der Waals surface area contributed by atoms with E-state index in [4.69, 9.17) is 16.3 Å². The van der Waals surface area contributed by atoms with Crippen LogP contribution in [0.3, 0.4) is 0 Å². The molecule has 1 aliphatic rings. The zero-order valence-corrected chi connectivity index (χ0v) is 12.9. The lowest BCUT2D eigenvalue weighted by atomic mass is 10.2. The van der Waals surface area contributed by atoms with E-state index in [2.05, 4.69) is 15.1 Å². The van der Waals surface area contributed by atoms with Crippen LogP contribution in [0.1, 0.15) is 17.6 Å². The van der Waals surface area contributed by atoms with Gasteiger partial charge in [-0.1, -0.05) is 11.6 Å². The summed E-state index contributed by atoms with van der Waals surface area (Å²) in [4.78, 5) is 22.6. The van der Waals surface area contributed by atoms with E-state index < -0.39 is 0 Å². The number of morpholine rings is 1. The first-order valence-corrected chi connectivity index (χ1v) is 7.36. The summed E-state index contributed by atoms with van der Waals surface area (Å²) < 4.78 is 7.26. The molecule has 1 fully saturated rings. The summed E-state index contributed by atoms with van der Waals surface area (Å²) in [7, 11) is 0. The maximum Gasteiger partial charge on any atom is 0.244 e. The van der Waals surface area contributed by atoms with Crippen molar-refractivity contribution in [1.29, 1.82) is 0 Å². The number of hydrogen-bond donors (Lipinski definition) is 0. The molecule has 0 N–H and O–H groups in total. The molecule has 3 heterocycles. The van der Waals surface area contributed by atoms with Crippen molar-refractivity contribution in [3.8, 4) is 0 Å². The van der Waals surface area contributed by atoms with Crippen molar-refractivity contribution in [1.82, 2.24) is 24.6 Å². The number of halogens is 1. The predicted molar refractivity (Wildman–Crippen MR) is 79.3 cm³/mol. The summed E-state index contributed by atoms with van der Waals surface area (Å²) in [6, 6.07) is 1.82. The van der Waals surface area contributed by atoms with Gasteiger partial charge in [0.25, 0.3) is 0 Å². The summed E-state index contributed by atoms with van der Waals surface area (Å²) >= 11 is 5.81. The highest BCUT2D eigenvalue weighted by Crippen LogP contribution is 2.20. The molecule has 1 aliphatic heterocycles. The third-order valence-corrected chi connectivity index (χ3v) is 3.64. The summed E-state index contributed by atoms with van der Waals surface area (Å²) in [6.45, 7) is 3.52. The number of aromatic nitrogens is 4. The second-order valence-electron chi connectivity index (χ2n) is 5.08. The average molecular weight is 322 g/mol. The molecular formula is C14H16ClN5O2. The van der Waals surface area contributed by atoms with Crippen LogP contribution < -0.4 is 0 Å². The number of carbonyl (C=O) groups excluding carboxylic acids is 1. The van der Waals surface area contributed by atoms with E-state index in [0.29, 0.717) is 30.5 Å². The topological polar surface area (TPSA) is 73.1 Å². The highest BCUT2D eigenvalue weighted by Gasteiger charge is 2.26. The molecule has 0 unspecified atom stereocenters. The summed E-state index contributed by atoms with van der Waals surface area (Å²) in [5.41, 5.74) is 0.798. The van der Waals surface area contributed by atoms with Gasteiger partial charge in [0.2, 0.25) is 5.91 Å². The second-order valence-corrected chi connectivity index (χ2v) is 5.52. The molecule has 0 aromatic carbocycles. The van der Waals surface area contributed by atoms with Gasteiger partial charge in [-0.25, -0.2) is 9.97 Å². The molecule has 0 bridgehead atoms. The smallest absolute Gasteiger partial charge is 0.244 e. The quantitative estimate of drug-likeness (QED) is 0.850. The molecule has 22 heavy (non-hydrogen) atoms. The fourth-order valence-electron chi connectivity index (χ4n) is 2.37. The lowest BCUT2D eigenvalue weighted by molar-refractivity contribution is -0.140. The van der Waals surface area contributed by atoms with Gasteiger partial charge in [-0.2, -0.15) is 5.10 Å². The maximum absolute atomic E-state index is 12.4. The molecule has 2 aromatic heterocycles.